The molecule has 2 rings (SSSR count). The van der Waals surface area contributed by atoms with Gasteiger partial charge in [-0.1, -0.05) is 0 Å². The number of aromatic nitrogens is 2. The molecule has 6 heteroatoms. The van der Waals surface area contributed by atoms with Crippen LogP contribution in [0.15, 0.2) is 9.27 Å². The molecule has 1 saturated heterocycles. The van der Waals surface area contributed by atoms with Gasteiger partial charge in [-0.3, -0.25) is 4.79 Å². The van der Waals surface area contributed by atoms with Crippen LogP contribution in [0.1, 0.15) is 18.7 Å². The average Bonchev–Trinajstić information content (AvgIpc) is 2.66. The quantitative estimate of drug-likeness (QED) is 0.843. The molecule has 1 aliphatic rings. The second-order valence-corrected chi connectivity index (χ2v) is 4.28. The summed E-state index contributed by atoms with van der Waals surface area (Å²) in [5, 5.41) is 9.34. The fourth-order valence-corrected chi connectivity index (χ4v) is 1.80. The lowest BCUT2D eigenvalue weighted by Crippen LogP contribution is -2.17. The van der Waals surface area contributed by atoms with Crippen LogP contribution in [0.5, 0.6) is 5.88 Å². The smallest absolute Gasteiger partial charge is 0.269 e. The number of rotatable bonds is 2. The van der Waals surface area contributed by atoms with Crippen LogP contribution in [0.4, 0.5) is 0 Å². The molecule has 1 aromatic rings. The van der Waals surface area contributed by atoms with E-state index in [4.69, 9.17) is 4.74 Å². The largest absolute Gasteiger partial charge is 0.492 e. The Morgan fingerprint density at radius 1 is 1.67 bits per heavy atom. The third kappa shape index (κ3) is 2.38. The first kappa shape index (κ1) is 10.6. The number of H-pyrrole nitrogens is 1. The van der Waals surface area contributed by atoms with E-state index in [1.807, 2.05) is 0 Å². The predicted molar refractivity (Wildman–Crippen MR) is 56.9 cm³/mol. The molecule has 0 saturated carbocycles. The monoisotopic (exact) mass is 274 g/mol. The molecule has 2 heterocycles. The zero-order valence-electron chi connectivity index (χ0n) is 7.99. The van der Waals surface area contributed by atoms with E-state index >= 15 is 0 Å². The molecule has 1 unspecified atom stereocenters. The maximum Gasteiger partial charge on any atom is 0.269 e. The summed E-state index contributed by atoms with van der Waals surface area (Å²) < 4.78 is 5.48. The second kappa shape index (κ2) is 4.32. The van der Waals surface area contributed by atoms with Crippen LogP contribution in [-0.4, -0.2) is 27.8 Å². The van der Waals surface area contributed by atoms with Crippen LogP contribution in [0, 0.1) is 0 Å². The van der Waals surface area contributed by atoms with Gasteiger partial charge in [-0.25, -0.2) is 0 Å². The molecule has 1 fully saturated rings. The zero-order chi connectivity index (χ0) is 10.8. The van der Waals surface area contributed by atoms with Gasteiger partial charge in [0, 0.05) is 13.0 Å². The summed E-state index contributed by atoms with van der Waals surface area (Å²) in [4.78, 5) is 17.8. The summed E-state index contributed by atoms with van der Waals surface area (Å²) in [6, 6.07) is 0. The zero-order valence-corrected chi connectivity index (χ0v) is 9.58. The van der Waals surface area contributed by atoms with Gasteiger partial charge in [0.25, 0.3) is 5.56 Å². The molecule has 82 valence electrons. The summed E-state index contributed by atoms with van der Waals surface area (Å²) in [5.74, 6) is 0.194. The molecule has 0 bridgehead atoms. The fraction of sp³-hybridized carbons (Fsp3) is 0.556. The number of hydrogen-bond donors (Lipinski definition) is 2. The van der Waals surface area contributed by atoms with Gasteiger partial charge in [-0.15, -0.1) is 0 Å². The predicted octanol–water partition coefficient (Wildman–Crippen LogP) is 0.959. The Balaban J connectivity index is 2.18. The van der Waals surface area contributed by atoms with Crippen molar-refractivity contribution >= 4 is 15.9 Å². The number of aromatic hydroxyl groups is 1. The van der Waals surface area contributed by atoms with Crippen LogP contribution >= 0.6 is 15.9 Å². The molecular formula is C9H11BrN2O3. The minimum atomic E-state index is -0.365. The highest BCUT2D eigenvalue weighted by atomic mass is 79.9. The molecule has 0 radical (unpaired) electrons. The van der Waals surface area contributed by atoms with E-state index in [2.05, 4.69) is 25.9 Å². The lowest BCUT2D eigenvalue weighted by molar-refractivity contribution is 0.109. The average molecular weight is 275 g/mol. The van der Waals surface area contributed by atoms with Crippen molar-refractivity contribution in [3.05, 3.63) is 20.7 Å². The highest BCUT2D eigenvalue weighted by molar-refractivity contribution is 9.10. The first-order valence-corrected chi connectivity index (χ1v) is 5.55. The van der Waals surface area contributed by atoms with E-state index in [-0.39, 0.29) is 22.0 Å². The van der Waals surface area contributed by atoms with Crippen LogP contribution in [-0.2, 0) is 11.2 Å². The Bertz CT molecular complexity index is 412. The van der Waals surface area contributed by atoms with Crippen molar-refractivity contribution in [2.75, 3.05) is 6.61 Å². The first-order chi connectivity index (χ1) is 7.16. The second-order valence-electron chi connectivity index (χ2n) is 3.49. The van der Waals surface area contributed by atoms with Gasteiger partial charge in [-0.2, -0.15) is 4.98 Å². The Labute approximate surface area is 94.6 Å². The number of aromatic amines is 1. The van der Waals surface area contributed by atoms with E-state index in [9.17, 15) is 9.90 Å². The standard InChI is InChI=1S/C9H11BrN2O3/c10-7-8(13)11-6(12-9(7)14)4-5-2-1-3-15-5/h5H,1-4H2,(H2,11,12,13,14). The topological polar surface area (TPSA) is 75.2 Å². The number of nitrogens with one attached hydrogen (secondary N) is 1. The number of hydrogen-bond acceptors (Lipinski definition) is 4. The molecule has 1 aliphatic heterocycles. The Hall–Kier alpha value is -0.880. The van der Waals surface area contributed by atoms with Gasteiger partial charge in [0.2, 0.25) is 5.88 Å². The minimum Gasteiger partial charge on any atom is -0.492 e. The van der Waals surface area contributed by atoms with E-state index in [1.165, 1.54) is 0 Å². The molecule has 0 amide bonds. The molecule has 5 nitrogen and oxygen atoms in total. The third-order valence-electron chi connectivity index (χ3n) is 2.34. The van der Waals surface area contributed by atoms with Gasteiger partial charge in [0.1, 0.15) is 10.3 Å². The third-order valence-corrected chi connectivity index (χ3v) is 3.05. The highest BCUT2D eigenvalue weighted by Gasteiger charge is 2.18. The molecule has 0 aliphatic carbocycles. The van der Waals surface area contributed by atoms with Gasteiger partial charge in [0.05, 0.1) is 6.10 Å². The van der Waals surface area contributed by atoms with Crippen molar-refractivity contribution in [1.82, 2.24) is 9.97 Å². The van der Waals surface area contributed by atoms with E-state index in [0.29, 0.717) is 12.2 Å². The molecule has 0 spiro atoms. The van der Waals surface area contributed by atoms with Gasteiger partial charge in [0.15, 0.2) is 0 Å². The van der Waals surface area contributed by atoms with Crippen molar-refractivity contribution in [3.8, 4) is 5.88 Å². The molecule has 0 aromatic carbocycles. The highest BCUT2D eigenvalue weighted by Crippen LogP contribution is 2.18. The van der Waals surface area contributed by atoms with Crippen LogP contribution in [0.25, 0.3) is 0 Å². The van der Waals surface area contributed by atoms with E-state index in [1.54, 1.807) is 0 Å². The Morgan fingerprint density at radius 2 is 2.47 bits per heavy atom. The molecule has 2 N–H and O–H groups in total. The van der Waals surface area contributed by atoms with Crippen LogP contribution in [0.3, 0.4) is 0 Å². The van der Waals surface area contributed by atoms with Crippen molar-refractivity contribution in [1.29, 1.82) is 0 Å². The van der Waals surface area contributed by atoms with Gasteiger partial charge < -0.3 is 14.8 Å². The Morgan fingerprint density at radius 3 is 3.07 bits per heavy atom. The van der Waals surface area contributed by atoms with Crippen LogP contribution in [0.2, 0.25) is 0 Å². The summed E-state index contributed by atoms with van der Waals surface area (Å²) in [6.45, 7) is 0.761. The number of halogens is 1. The van der Waals surface area contributed by atoms with E-state index < -0.39 is 0 Å². The maximum atomic E-state index is 11.3. The summed E-state index contributed by atoms with van der Waals surface area (Å²) in [5.41, 5.74) is -0.365. The molecular weight excluding hydrogens is 264 g/mol. The summed E-state index contributed by atoms with van der Waals surface area (Å²) >= 11 is 2.94. The molecule has 1 atom stereocenters. The molecule has 15 heavy (non-hydrogen) atoms. The van der Waals surface area contributed by atoms with Crippen molar-refractivity contribution < 1.29 is 9.84 Å². The number of nitrogens with zero attached hydrogens (tertiary/aromatic N) is 1. The van der Waals surface area contributed by atoms with E-state index in [0.717, 1.165) is 19.4 Å². The van der Waals surface area contributed by atoms with Crippen LogP contribution < -0.4 is 5.56 Å². The summed E-state index contributed by atoms with van der Waals surface area (Å²) in [6.07, 6.45) is 2.65. The minimum absolute atomic E-state index is 0.0681. The van der Waals surface area contributed by atoms with Crippen molar-refractivity contribution in [2.24, 2.45) is 0 Å². The molecule has 1 aromatic heterocycles. The maximum absolute atomic E-state index is 11.3. The summed E-state index contributed by atoms with van der Waals surface area (Å²) in [7, 11) is 0. The van der Waals surface area contributed by atoms with Gasteiger partial charge in [-0.05, 0) is 28.8 Å². The Kier molecular flexibility index (Phi) is 3.06. The number of ether oxygens (including phenoxy) is 1. The lowest BCUT2D eigenvalue weighted by Gasteiger charge is -2.08. The lowest BCUT2D eigenvalue weighted by atomic mass is 10.2. The van der Waals surface area contributed by atoms with Gasteiger partial charge >= 0.3 is 0 Å². The SMILES string of the molecule is O=c1[nH]c(CC2CCCO2)nc(O)c1Br. The van der Waals surface area contributed by atoms with Crippen molar-refractivity contribution in [3.63, 3.8) is 0 Å². The normalized spacial score (nSPS) is 20.7. The fourth-order valence-electron chi connectivity index (χ4n) is 1.61. The first-order valence-electron chi connectivity index (χ1n) is 4.76. The van der Waals surface area contributed by atoms with Crippen molar-refractivity contribution in [2.45, 2.75) is 25.4 Å².